The smallest absolute Gasteiger partial charge is 0.153 e. The van der Waals surface area contributed by atoms with Crippen molar-refractivity contribution in [1.82, 2.24) is 9.78 Å². The van der Waals surface area contributed by atoms with Crippen LogP contribution in [0.5, 0.6) is 0 Å². The van der Waals surface area contributed by atoms with E-state index < -0.39 is 0 Å². The fraction of sp³-hybridized carbons (Fsp3) is 0.138. The van der Waals surface area contributed by atoms with Crippen molar-refractivity contribution in [2.45, 2.75) is 25.9 Å². The van der Waals surface area contributed by atoms with Crippen molar-refractivity contribution in [2.75, 3.05) is 0 Å². The fourth-order valence-corrected chi connectivity index (χ4v) is 4.44. The second-order valence-electron chi connectivity index (χ2n) is 8.06. The van der Waals surface area contributed by atoms with Crippen molar-refractivity contribution in [3.8, 4) is 0 Å². The SMILES string of the molecule is C=CCc1c(C)nn2c1C(Cc1ccccc1)OC(c1ccccc1)=C2c1ccccc1. The van der Waals surface area contributed by atoms with Crippen LogP contribution in [-0.2, 0) is 17.6 Å². The van der Waals surface area contributed by atoms with E-state index >= 15 is 0 Å². The maximum Gasteiger partial charge on any atom is 0.153 e. The van der Waals surface area contributed by atoms with Crippen LogP contribution in [0, 0.1) is 6.92 Å². The lowest BCUT2D eigenvalue weighted by atomic mass is 9.97. The molecule has 0 saturated carbocycles. The lowest BCUT2D eigenvalue weighted by Crippen LogP contribution is -2.22. The van der Waals surface area contributed by atoms with Gasteiger partial charge in [0.15, 0.2) is 5.76 Å². The third-order valence-electron chi connectivity index (χ3n) is 5.91. The molecule has 158 valence electrons. The lowest BCUT2D eigenvalue weighted by Gasteiger charge is -2.31. The monoisotopic (exact) mass is 418 g/mol. The molecule has 0 bridgehead atoms. The Morgan fingerprint density at radius 2 is 1.47 bits per heavy atom. The molecule has 0 aliphatic carbocycles. The molecule has 0 saturated heterocycles. The first-order valence-corrected chi connectivity index (χ1v) is 11.0. The Morgan fingerprint density at radius 3 is 2.09 bits per heavy atom. The van der Waals surface area contributed by atoms with Crippen molar-refractivity contribution in [1.29, 1.82) is 0 Å². The van der Waals surface area contributed by atoms with Gasteiger partial charge in [-0.15, -0.1) is 6.58 Å². The number of fused-ring (bicyclic) bond motifs is 1. The van der Waals surface area contributed by atoms with E-state index in [2.05, 4.69) is 78.8 Å². The van der Waals surface area contributed by atoms with Crippen molar-refractivity contribution in [3.05, 3.63) is 137 Å². The van der Waals surface area contributed by atoms with Gasteiger partial charge in [-0.25, -0.2) is 4.68 Å². The molecule has 3 aromatic carbocycles. The Kier molecular flexibility index (Phi) is 5.47. The summed E-state index contributed by atoms with van der Waals surface area (Å²) in [7, 11) is 0. The molecular weight excluding hydrogens is 392 g/mol. The van der Waals surface area contributed by atoms with Crippen LogP contribution < -0.4 is 0 Å². The van der Waals surface area contributed by atoms with E-state index in [9.17, 15) is 0 Å². The number of hydrogen-bond donors (Lipinski definition) is 0. The normalized spacial score (nSPS) is 15.2. The van der Waals surface area contributed by atoms with E-state index in [-0.39, 0.29) is 6.10 Å². The predicted molar refractivity (Wildman–Crippen MR) is 130 cm³/mol. The molecule has 3 heteroatoms. The molecule has 0 N–H and O–H groups in total. The van der Waals surface area contributed by atoms with E-state index in [1.54, 1.807) is 0 Å². The van der Waals surface area contributed by atoms with Gasteiger partial charge in [-0.05, 0) is 18.9 Å². The van der Waals surface area contributed by atoms with Crippen LogP contribution in [0.25, 0.3) is 11.5 Å². The van der Waals surface area contributed by atoms with Gasteiger partial charge in [-0.3, -0.25) is 0 Å². The van der Waals surface area contributed by atoms with Crippen LogP contribution in [0.3, 0.4) is 0 Å². The predicted octanol–water partition coefficient (Wildman–Crippen LogP) is 6.61. The van der Waals surface area contributed by atoms with E-state index in [4.69, 9.17) is 9.84 Å². The third-order valence-corrected chi connectivity index (χ3v) is 5.91. The van der Waals surface area contributed by atoms with Gasteiger partial charge in [0.2, 0.25) is 0 Å². The molecule has 32 heavy (non-hydrogen) atoms. The molecule has 5 rings (SSSR count). The van der Waals surface area contributed by atoms with Crippen molar-refractivity contribution in [3.63, 3.8) is 0 Å². The number of ether oxygens (including phenoxy) is 1. The third kappa shape index (κ3) is 3.67. The number of nitrogens with zero attached hydrogens (tertiary/aromatic N) is 2. The van der Waals surface area contributed by atoms with Crippen LogP contribution in [-0.4, -0.2) is 9.78 Å². The van der Waals surface area contributed by atoms with Crippen LogP contribution in [0.2, 0.25) is 0 Å². The highest BCUT2D eigenvalue weighted by atomic mass is 16.5. The topological polar surface area (TPSA) is 27.1 Å². The number of aromatic nitrogens is 2. The minimum Gasteiger partial charge on any atom is -0.481 e. The molecule has 0 amide bonds. The summed E-state index contributed by atoms with van der Waals surface area (Å²) in [6.07, 6.45) is 3.34. The zero-order valence-electron chi connectivity index (χ0n) is 18.2. The van der Waals surface area contributed by atoms with Crippen molar-refractivity contribution >= 4 is 11.5 Å². The molecule has 1 aliphatic rings. The first-order valence-electron chi connectivity index (χ1n) is 11.0. The molecule has 1 unspecified atom stereocenters. The average Bonchev–Trinajstić information content (AvgIpc) is 3.17. The number of aryl methyl sites for hydroxylation is 1. The summed E-state index contributed by atoms with van der Waals surface area (Å²) in [6.45, 7) is 6.06. The molecule has 3 nitrogen and oxygen atoms in total. The van der Waals surface area contributed by atoms with Crippen LogP contribution in [0.4, 0.5) is 0 Å². The highest BCUT2D eigenvalue weighted by molar-refractivity contribution is 5.88. The molecular formula is C29H26N2O. The Hall–Kier alpha value is -3.85. The molecule has 1 aromatic heterocycles. The van der Waals surface area contributed by atoms with Gasteiger partial charge in [-0.2, -0.15) is 5.10 Å². The van der Waals surface area contributed by atoms with Gasteiger partial charge in [0, 0.05) is 23.1 Å². The first-order chi connectivity index (χ1) is 15.8. The summed E-state index contributed by atoms with van der Waals surface area (Å²) in [6, 6.07) is 31.2. The summed E-state index contributed by atoms with van der Waals surface area (Å²) in [4.78, 5) is 0. The highest BCUT2D eigenvalue weighted by Crippen LogP contribution is 2.42. The van der Waals surface area contributed by atoms with E-state index in [1.165, 1.54) is 11.1 Å². The molecule has 2 heterocycles. The molecule has 0 fully saturated rings. The summed E-state index contributed by atoms with van der Waals surface area (Å²) in [5.41, 5.74) is 7.68. The fourth-order valence-electron chi connectivity index (χ4n) is 4.44. The van der Waals surface area contributed by atoms with Gasteiger partial charge < -0.3 is 4.74 Å². The standard InChI is InChI=1S/C29H26N2O/c1-3-13-25-21(2)30-31-27(23-16-9-5-10-17-23)29(24-18-11-6-12-19-24)32-26(28(25)31)20-22-14-7-4-8-15-22/h3-12,14-19,26H,1,13,20H2,2H3. The summed E-state index contributed by atoms with van der Waals surface area (Å²) < 4.78 is 8.97. The Balaban J connectivity index is 1.75. The molecule has 1 aliphatic heterocycles. The van der Waals surface area contributed by atoms with Crippen molar-refractivity contribution in [2.24, 2.45) is 0 Å². The summed E-state index contributed by atoms with van der Waals surface area (Å²) in [5, 5.41) is 5.03. The number of benzene rings is 3. The Bertz CT molecular complexity index is 1250. The quantitative estimate of drug-likeness (QED) is 0.330. The minimum atomic E-state index is -0.142. The first kappa shape index (κ1) is 20.1. The zero-order chi connectivity index (χ0) is 21.9. The van der Waals surface area contributed by atoms with Crippen LogP contribution in [0.1, 0.15) is 39.7 Å². The number of allylic oxidation sites excluding steroid dienone is 1. The number of rotatable bonds is 6. The molecule has 1 atom stereocenters. The van der Waals surface area contributed by atoms with Gasteiger partial charge in [0.1, 0.15) is 11.8 Å². The van der Waals surface area contributed by atoms with Gasteiger partial charge >= 0.3 is 0 Å². The minimum absolute atomic E-state index is 0.142. The van der Waals surface area contributed by atoms with E-state index in [1.807, 2.05) is 36.4 Å². The van der Waals surface area contributed by atoms with Gasteiger partial charge in [-0.1, -0.05) is 97.1 Å². The highest BCUT2D eigenvalue weighted by Gasteiger charge is 2.34. The van der Waals surface area contributed by atoms with E-state index in [0.29, 0.717) is 0 Å². The maximum atomic E-state index is 6.85. The second kappa shape index (κ2) is 8.72. The average molecular weight is 419 g/mol. The maximum absolute atomic E-state index is 6.85. The molecule has 0 spiro atoms. The van der Waals surface area contributed by atoms with Crippen molar-refractivity contribution < 1.29 is 4.74 Å². The lowest BCUT2D eigenvalue weighted by molar-refractivity contribution is 0.154. The zero-order valence-corrected chi connectivity index (χ0v) is 18.2. The number of hydrogen-bond acceptors (Lipinski definition) is 2. The van der Waals surface area contributed by atoms with Gasteiger partial charge in [0.05, 0.1) is 11.4 Å². The molecule has 0 radical (unpaired) electrons. The van der Waals surface area contributed by atoms with Crippen LogP contribution >= 0.6 is 0 Å². The molecule has 4 aromatic rings. The Morgan fingerprint density at radius 1 is 0.875 bits per heavy atom. The Labute approximate surface area is 189 Å². The summed E-state index contributed by atoms with van der Waals surface area (Å²) in [5.74, 6) is 0.859. The largest absolute Gasteiger partial charge is 0.481 e. The second-order valence-corrected chi connectivity index (χ2v) is 8.06. The van der Waals surface area contributed by atoms with Crippen LogP contribution in [0.15, 0.2) is 104 Å². The summed E-state index contributed by atoms with van der Waals surface area (Å²) >= 11 is 0. The van der Waals surface area contributed by atoms with Gasteiger partial charge in [0.25, 0.3) is 0 Å². The van der Waals surface area contributed by atoms with E-state index in [0.717, 1.165) is 46.8 Å².